The van der Waals surface area contributed by atoms with Crippen LogP contribution in [0.2, 0.25) is 0 Å². The minimum atomic E-state index is -0.0671. The van der Waals surface area contributed by atoms with Crippen LogP contribution in [-0.2, 0) is 24.6 Å². The molecule has 0 aliphatic carbocycles. The van der Waals surface area contributed by atoms with E-state index < -0.39 is 0 Å². The molecule has 2 unspecified atom stereocenters. The predicted molar refractivity (Wildman–Crippen MR) is 73.7 cm³/mol. The summed E-state index contributed by atoms with van der Waals surface area (Å²) in [6.45, 7) is 0.746. The summed E-state index contributed by atoms with van der Waals surface area (Å²) in [4.78, 5) is 4.33. The first-order valence-corrected chi connectivity index (χ1v) is 6.67. The molecule has 0 spiro atoms. The molecule has 3 rings (SSSR count). The molecule has 2 aromatic rings. The maximum absolute atomic E-state index is 6.35. The van der Waals surface area contributed by atoms with Crippen molar-refractivity contribution in [2.45, 2.75) is 25.0 Å². The highest BCUT2D eigenvalue weighted by Crippen LogP contribution is 2.29. The molecule has 0 fully saturated rings. The van der Waals surface area contributed by atoms with E-state index in [2.05, 4.69) is 23.2 Å². The van der Waals surface area contributed by atoms with Gasteiger partial charge in [-0.2, -0.15) is 0 Å². The summed E-state index contributed by atoms with van der Waals surface area (Å²) < 4.78 is 7.90. The second-order valence-corrected chi connectivity index (χ2v) is 5.06. The third-order valence-corrected chi connectivity index (χ3v) is 3.76. The van der Waals surface area contributed by atoms with E-state index in [0.717, 1.165) is 25.3 Å². The van der Waals surface area contributed by atoms with Gasteiger partial charge in [0.25, 0.3) is 0 Å². The average molecular weight is 257 g/mol. The van der Waals surface area contributed by atoms with Crippen molar-refractivity contribution in [3.8, 4) is 0 Å². The van der Waals surface area contributed by atoms with Crippen LogP contribution < -0.4 is 5.73 Å². The van der Waals surface area contributed by atoms with Gasteiger partial charge in [-0.3, -0.25) is 0 Å². The fourth-order valence-corrected chi connectivity index (χ4v) is 2.69. The Balaban J connectivity index is 1.81. The standard InChI is InChI=1S/C15H19N3O/c1-18-8-7-17-14(18)10-13(16)15-12-5-3-2-4-11(12)6-9-19-15/h2-5,7-8,13,15H,6,9-10,16H2,1H3. The Bertz CT molecular complexity index is 564. The molecule has 1 aliphatic heterocycles. The van der Waals surface area contributed by atoms with Gasteiger partial charge >= 0.3 is 0 Å². The smallest absolute Gasteiger partial charge is 0.110 e. The zero-order valence-electron chi connectivity index (χ0n) is 11.1. The lowest BCUT2D eigenvalue weighted by molar-refractivity contribution is 0.0241. The summed E-state index contributed by atoms with van der Waals surface area (Å²) in [7, 11) is 1.99. The van der Waals surface area contributed by atoms with E-state index in [1.807, 2.05) is 23.9 Å². The van der Waals surface area contributed by atoms with Gasteiger partial charge in [0.1, 0.15) is 5.82 Å². The lowest BCUT2D eigenvalue weighted by Gasteiger charge is -2.30. The van der Waals surface area contributed by atoms with Crippen LogP contribution in [0.15, 0.2) is 36.7 Å². The number of aryl methyl sites for hydroxylation is 1. The number of hydrogen-bond acceptors (Lipinski definition) is 3. The van der Waals surface area contributed by atoms with Crippen LogP contribution in [0.3, 0.4) is 0 Å². The molecule has 2 heterocycles. The second kappa shape index (κ2) is 5.15. The minimum absolute atomic E-state index is 0.0263. The monoisotopic (exact) mass is 257 g/mol. The van der Waals surface area contributed by atoms with Crippen molar-refractivity contribution in [3.63, 3.8) is 0 Å². The maximum atomic E-state index is 6.35. The van der Waals surface area contributed by atoms with Gasteiger partial charge in [-0.05, 0) is 17.5 Å². The number of fused-ring (bicyclic) bond motifs is 1. The topological polar surface area (TPSA) is 53.1 Å². The van der Waals surface area contributed by atoms with Crippen LogP contribution in [0.5, 0.6) is 0 Å². The molecule has 0 amide bonds. The highest BCUT2D eigenvalue weighted by molar-refractivity contribution is 5.32. The first kappa shape index (κ1) is 12.4. The first-order valence-electron chi connectivity index (χ1n) is 6.67. The van der Waals surface area contributed by atoms with Crippen molar-refractivity contribution >= 4 is 0 Å². The molecule has 0 bridgehead atoms. The molecule has 2 N–H and O–H groups in total. The zero-order chi connectivity index (χ0) is 13.2. The summed E-state index contributed by atoms with van der Waals surface area (Å²) in [6.07, 6.45) is 5.42. The van der Waals surface area contributed by atoms with Crippen LogP contribution >= 0.6 is 0 Å². The largest absolute Gasteiger partial charge is 0.372 e. The third kappa shape index (κ3) is 2.41. The fourth-order valence-electron chi connectivity index (χ4n) is 2.69. The molecule has 100 valence electrons. The van der Waals surface area contributed by atoms with Crippen LogP contribution in [0.1, 0.15) is 23.1 Å². The van der Waals surface area contributed by atoms with Crippen molar-refractivity contribution in [2.24, 2.45) is 12.8 Å². The number of rotatable bonds is 3. The summed E-state index contributed by atoms with van der Waals surface area (Å²) in [6, 6.07) is 8.34. The van der Waals surface area contributed by atoms with E-state index >= 15 is 0 Å². The summed E-state index contributed by atoms with van der Waals surface area (Å²) in [5, 5.41) is 0. The SMILES string of the molecule is Cn1ccnc1CC(N)C1OCCc2ccccc21. The molecular weight excluding hydrogens is 238 g/mol. The lowest BCUT2D eigenvalue weighted by Crippen LogP contribution is -2.36. The van der Waals surface area contributed by atoms with Crippen molar-refractivity contribution in [2.75, 3.05) is 6.61 Å². The van der Waals surface area contributed by atoms with Gasteiger partial charge in [0.05, 0.1) is 12.7 Å². The Morgan fingerprint density at radius 3 is 3.11 bits per heavy atom. The third-order valence-electron chi connectivity index (χ3n) is 3.76. The first-order chi connectivity index (χ1) is 9.25. The lowest BCUT2D eigenvalue weighted by atomic mass is 9.92. The van der Waals surface area contributed by atoms with E-state index in [4.69, 9.17) is 10.5 Å². The highest BCUT2D eigenvalue weighted by atomic mass is 16.5. The molecule has 4 heteroatoms. The molecule has 0 saturated carbocycles. The van der Waals surface area contributed by atoms with Crippen molar-refractivity contribution < 1.29 is 4.74 Å². The maximum Gasteiger partial charge on any atom is 0.110 e. The van der Waals surface area contributed by atoms with Crippen molar-refractivity contribution in [1.29, 1.82) is 0 Å². The molecular formula is C15H19N3O. The quantitative estimate of drug-likeness (QED) is 0.908. The molecule has 2 atom stereocenters. The normalized spacial score (nSPS) is 20.0. The van der Waals surface area contributed by atoms with Crippen LogP contribution in [-0.4, -0.2) is 22.2 Å². The molecule has 1 aliphatic rings. The number of aromatic nitrogens is 2. The molecule has 1 aromatic carbocycles. The zero-order valence-corrected chi connectivity index (χ0v) is 11.1. The predicted octanol–water partition coefficient (Wildman–Crippen LogP) is 1.60. The fraction of sp³-hybridized carbons (Fsp3) is 0.400. The van der Waals surface area contributed by atoms with E-state index in [1.54, 1.807) is 6.20 Å². The van der Waals surface area contributed by atoms with E-state index in [0.29, 0.717) is 0 Å². The Hall–Kier alpha value is -1.65. The van der Waals surface area contributed by atoms with E-state index in [-0.39, 0.29) is 12.1 Å². The number of ether oxygens (including phenoxy) is 1. The van der Waals surface area contributed by atoms with Crippen LogP contribution in [0.4, 0.5) is 0 Å². The van der Waals surface area contributed by atoms with Crippen LogP contribution in [0, 0.1) is 0 Å². The Morgan fingerprint density at radius 1 is 1.47 bits per heavy atom. The van der Waals surface area contributed by atoms with Gasteiger partial charge in [-0.1, -0.05) is 24.3 Å². The van der Waals surface area contributed by atoms with Gasteiger partial charge in [0, 0.05) is 31.9 Å². The van der Waals surface area contributed by atoms with E-state index in [1.165, 1.54) is 11.1 Å². The summed E-state index contributed by atoms with van der Waals surface area (Å²) in [5.41, 5.74) is 8.93. The van der Waals surface area contributed by atoms with Gasteiger partial charge in [-0.25, -0.2) is 4.98 Å². The van der Waals surface area contributed by atoms with Gasteiger partial charge in [0.2, 0.25) is 0 Å². The minimum Gasteiger partial charge on any atom is -0.372 e. The molecule has 1 aromatic heterocycles. The Morgan fingerprint density at radius 2 is 2.32 bits per heavy atom. The number of hydrogen-bond donors (Lipinski definition) is 1. The molecule has 19 heavy (non-hydrogen) atoms. The Labute approximate surface area is 113 Å². The van der Waals surface area contributed by atoms with Gasteiger partial charge in [0.15, 0.2) is 0 Å². The van der Waals surface area contributed by atoms with Crippen LogP contribution in [0.25, 0.3) is 0 Å². The number of nitrogens with zero attached hydrogens (tertiary/aromatic N) is 2. The highest BCUT2D eigenvalue weighted by Gasteiger charge is 2.27. The van der Waals surface area contributed by atoms with Gasteiger partial charge < -0.3 is 15.0 Å². The second-order valence-electron chi connectivity index (χ2n) is 5.06. The summed E-state index contributed by atoms with van der Waals surface area (Å²) in [5.74, 6) is 0.999. The number of benzene rings is 1. The number of nitrogens with two attached hydrogens (primary N) is 1. The van der Waals surface area contributed by atoms with Crippen molar-refractivity contribution in [1.82, 2.24) is 9.55 Å². The van der Waals surface area contributed by atoms with Gasteiger partial charge in [-0.15, -0.1) is 0 Å². The number of imidazole rings is 1. The molecule has 0 radical (unpaired) electrons. The van der Waals surface area contributed by atoms with E-state index in [9.17, 15) is 0 Å². The summed E-state index contributed by atoms with van der Waals surface area (Å²) >= 11 is 0. The molecule has 4 nitrogen and oxygen atoms in total. The van der Waals surface area contributed by atoms with Crippen molar-refractivity contribution in [3.05, 3.63) is 53.6 Å². The average Bonchev–Trinajstić information content (AvgIpc) is 2.83. The molecule has 0 saturated heterocycles. The Kier molecular flexibility index (Phi) is 3.36.